The number of nitriles is 2. The predicted molar refractivity (Wildman–Crippen MR) is 198 cm³/mol. The minimum Gasteiger partial charge on any atom is -0.406 e. The molecule has 6 nitrogen and oxygen atoms in total. The first-order valence-electron chi connectivity index (χ1n) is 17.4. The third-order valence-corrected chi connectivity index (χ3v) is 9.23. The van der Waals surface area contributed by atoms with Crippen LogP contribution in [0.2, 0.25) is 0 Å². The monoisotopic (exact) mass is 868 g/mol. The fraction of sp³-hybridized carbons (Fsp3) is 0.0909. The second kappa shape index (κ2) is 15.8. The van der Waals surface area contributed by atoms with Crippen molar-refractivity contribution in [2.75, 3.05) is 0 Å². The molecule has 62 heavy (non-hydrogen) atoms. The average molecular weight is 869 g/mol. The Morgan fingerprint density at radius 2 is 0.613 bits per heavy atom. The van der Waals surface area contributed by atoms with E-state index in [4.69, 9.17) is 0 Å². The molecule has 6 aromatic rings. The second-order valence-corrected chi connectivity index (χ2v) is 13.2. The van der Waals surface area contributed by atoms with Crippen molar-refractivity contribution in [1.29, 1.82) is 10.5 Å². The number of hydrogen-bond acceptors (Lipinski definition) is 6. The zero-order valence-electron chi connectivity index (χ0n) is 30.6. The van der Waals surface area contributed by atoms with Crippen LogP contribution < -0.4 is 18.9 Å². The van der Waals surface area contributed by atoms with Gasteiger partial charge in [0, 0.05) is 16.7 Å². The molecule has 0 spiro atoms. The third kappa shape index (κ3) is 9.55. The van der Waals surface area contributed by atoms with Crippen LogP contribution >= 0.6 is 0 Å². The summed E-state index contributed by atoms with van der Waals surface area (Å²) in [5.41, 5.74) is 0.479. The summed E-state index contributed by atoms with van der Waals surface area (Å²) in [5.74, 6) is -2.59. The Hall–Kier alpha value is -7.60. The van der Waals surface area contributed by atoms with E-state index in [9.17, 15) is 63.2 Å². The first kappa shape index (κ1) is 42.5. The van der Waals surface area contributed by atoms with Crippen LogP contribution in [0.3, 0.4) is 0 Å². The second-order valence-electron chi connectivity index (χ2n) is 13.2. The summed E-state index contributed by atoms with van der Waals surface area (Å²) in [6.45, 7) is 0. The first-order chi connectivity index (χ1) is 29.1. The molecular weight excluding hydrogens is 848 g/mol. The standard InChI is InChI=1S/C44H20F12N2O4/c45-41(46,47)59-30-13-9-25(10-14-30)23-1-5-27(6-2-23)32-17-34-35-18-33(28-7-3-24(4-8-28)26-11-15-31(16-12-26)60-42(48,49)50)39(62-44(54,55)56)20-37(35)40(29(21-57)22-58)36(34)19-38(32)61-43(51,52)53/h1-20H. The van der Waals surface area contributed by atoms with Crippen molar-refractivity contribution < 1.29 is 71.6 Å². The summed E-state index contributed by atoms with van der Waals surface area (Å²) in [5, 5.41) is 19.8. The fourth-order valence-electron chi connectivity index (χ4n) is 6.82. The largest absolute Gasteiger partial charge is 0.573 e. The normalized spacial score (nSPS) is 12.5. The predicted octanol–water partition coefficient (Wildman–Crippen LogP) is 13.8. The smallest absolute Gasteiger partial charge is 0.406 e. The van der Waals surface area contributed by atoms with Gasteiger partial charge in [-0.25, -0.2) is 0 Å². The maximum Gasteiger partial charge on any atom is 0.573 e. The number of allylic oxidation sites excluding steroid dienone is 1. The van der Waals surface area contributed by atoms with Gasteiger partial charge < -0.3 is 18.9 Å². The molecule has 0 saturated heterocycles. The molecule has 0 fully saturated rings. The number of ether oxygens (including phenoxy) is 4. The number of alkyl halides is 12. The minimum absolute atomic E-state index is 0.0875. The molecule has 0 unspecified atom stereocenters. The van der Waals surface area contributed by atoms with Crippen LogP contribution in [-0.2, 0) is 0 Å². The van der Waals surface area contributed by atoms with Crippen LogP contribution in [0, 0.1) is 22.7 Å². The van der Waals surface area contributed by atoms with E-state index in [0.717, 1.165) is 36.4 Å². The Morgan fingerprint density at radius 3 is 0.887 bits per heavy atom. The maximum atomic E-state index is 13.9. The molecular formula is C44H20F12N2O4. The molecule has 0 radical (unpaired) electrons. The van der Waals surface area contributed by atoms with Gasteiger partial charge in [0.15, 0.2) is 0 Å². The quantitative estimate of drug-likeness (QED) is 0.112. The fourth-order valence-corrected chi connectivity index (χ4v) is 6.82. The number of benzene rings is 6. The van der Waals surface area contributed by atoms with Crippen molar-refractivity contribution in [3.63, 3.8) is 0 Å². The van der Waals surface area contributed by atoms with E-state index >= 15 is 0 Å². The Balaban J connectivity index is 1.36. The number of hydrogen-bond donors (Lipinski definition) is 0. The molecule has 0 saturated carbocycles. The molecule has 1 aliphatic carbocycles. The van der Waals surface area contributed by atoms with E-state index in [1.165, 1.54) is 84.9 Å². The van der Waals surface area contributed by atoms with Gasteiger partial charge in [-0.15, -0.1) is 52.7 Å². The van der Waals surface area contributed by atoms with Crippen molar-refractivity contribution in [3.05, 3.63) is 138 Å². The number of rotatable bonds is 8. The zero-order valence-corrected chi connectivity index (χ0v) is 30.6. The van der Waals surface area contributed by atoms with Gasteiger partial charge in [-0.05, 0) is 104 Å². The lowest BCUT2D eigenvalue weighted by Gasteiger charge is -2.17. The van der Waals surface area contributed by atoms with Crippen LogP contribution in [0.15, 0.2) is 127 Å². The Labute approximate surface area is 341 Å². The Kier molecular flexibility index (Phi) is 10.8. The third-order valence-electron chi connectivity index (χ3n) is 9.23. The Morgan fingerprint density at radius 1 is 0.339 bits per heavy atom. The first-order valence-corrected chi connectivity index (χ1v) is 17.4. The van der Waals surface area contributed by atoms with Gasteiger partial charge >= 0.3 is 25.4 Å². The van der Waals surface area contributed by atoms with Gasteiger partial charge in [-0.2, -0.15) is 10.5 Å². The highest BCUT2D eigenvalue weighted by atomic mass is 19.4. The highest BCUT2D eigenvalue weighted by molar-refractivity contribution is 6.07. The lowest BCUT2D eigenvalue weighted by molar-refractivity contribution is -0.275. The van der Waals surface area contributed by atoms with Gasteiger partial charge in [0.05, 0.1) is 0 Å². The van der Waals surface area contributed by atoms with Gasteiger partial charge in [0.2, 0.25) is 0 Å². The molecule has 7 rings (SSSR count). The van der Waals surface area contributed by atoms with E-state index in [-0.39, 0.29) is 50.1 Å². The van der Waals surface area contributed by atoms with E-state index in [1.54, 1.807) is 12.1 Å². The molecule has 1 aliphatic rings. The topological polar surface area (TPSA) is 84.5 Å². The lowest BCUT2D eigenvalue weighted by atomic mass is 9.93. The van der Waals surface area contributed by atoms with Crippen molar-refractivity contribution >= 4 is 5.57 Å². The summed E-state index contributed by atoms with van der Waals surface area (Å²) < 4.78 is 176. The van der Waals surface area contributed by atoms with Crippen LogP contribution in [0.25, 0.3) is 61.2 Å². The summed E-state index contributed by atoms with van der Waals surface area (Å²) in [4.78, 5) is 0. The number of nitrogens with zero attached hydrogens (tertiary/aromatic N) is 2. The summed E-state index contributed by atoms with van der Waals surface area (Å²) in [6, 6.07) is 28.6. The van der Waals surface area contributed by atoms with Gasteiger partial charge in [-0.3, -0.25) is 0 Å². The summed E-state index contributed by atoms with van der Waals surface area (Å²) in [7, 11) is 0. The summed E-state index contributed by atoms with van der Waals surface area (Å²) in [6.07, 6.45) is -20.4. The van der Waals surface area contributed by atoms with Crippen molar-refractivity contribution in [2.45, 2.75) is 25.4 Å². The highest BCUT2D eigenvalue weighted by Crippen LogP contribution is 2.53. The SMILES string of the molecule is N#CC(C#N)=C1c2cc(OC(F)(F)F)c(-c3ccc(-c4ccc(OC(F)(F)F)cc4)cc3)cc2-c2cc(-c3ccc(-c4ccc(OC(F)(F)F)cc4)cc3)c(OC(F)(F)F)cc21. The minimum atomic E-state index is -5.28. The van der Waals surface area contributed by atoms with Gasteiger partial charge in [0.1, 0.15) is 40.7 Å². The van der Waals surface area contributed by atoms with Crippen molar-refractivity contribution in [3.8, 4) is 90.8 Å². The molecule has 0 aromatic heterocycles. The van der Waals surface area contributed by atoms with Crippen LogP contribution in [-0.4, -0.2) is 25.4 Å². The van der Waals surface area contributed by atoms with E-state index in [0.29, 0.717) is 22.3 Å². The van der Waals surface area contributed by atoms with E-state index in [2.05, 4.69) is 18.9 Å². The molecule has 0 atom stereocenters. The number of fused-ring (bicyclic) bond motifs is 3. The molecule has 18 heteroatoms. The highest BCUT2D eigenvalue weighted by Gasteiger charge is 2.38. The molecule has 0 N–H and O–H groups in total. The average Bonchev–Trinajstić information content (AvgIpc) is 3.47. The molecule has 6 aromatic carbocycles. The Bertz CT molecular complexity index is 2590. The molecule has 0 bridgehead atoms. The van der Waals surface area contributed by atoms with Crippen LogP contribution in [0.1, 0.15) is 11.1 Å². The zero-order chi connectivity index (χ0) is 44.8. The van der Waals surface area contributed by atoms with Crippen LogP contribution in [0.4, 0.5) is 52.7 Å². The van der Waals surface area contributed by atoms with E-state index in [1.807, 2.05) is 0 Å². The van der Waals surface area contributed by atoms with E-state index < -0.39 is 54.0 Å². The molecule has 314 valence electrons. The lowest BCUT2D eigenvalue weighted by Crippen LogP contribution is -2.17. The van der Waals surface area contributed by atoms with Crippen LogP contribution in [0.5, 0.6) is 23.0 Å². The maximum absolute atomic E-state index is 13.9. The van der Waals surface area contributed by atoms with Gasteiger partial charge in [0.25, 0.3) is 0 Å². The van der Waals surface area contributed by atoms with Gasteiger partial charge in [-0.1, -0.05) is 72.8 Å². The molecule has 0 aliphatic heterocycles. The van der Waals surface area contributed by atoms with Crippen molar-refractivity contribution in [2.24, 2.45) is 0 Å². The summed E-state index contributed by atoms with van der Waals surface area (Å²) >= 11 is 0. The van der Waals surface area contributed by atoms with Crippen molar-refractivity contribution in [1.82, 2.24) is 0 Å². The molecule has 0 heterocycles. The molecule has 0 amide bonds. The number of halogens is 12.